The Morgan fingerprint density at radius 1 is 1.15 bits per heavy atom. The average molecular weight is 434 g/mol. The molecule has 1 aliphatic rings. The number of aromatic amines is 1. The standard InChI is InChI=1S/C19H20BrN3O2S/c1-13-12-15(6-7-16(13)20)26(24,25)23-10-8-14(9-11-23)19-21-17-4-2-3-5-18(17)22-19/h2-7,12,14H,8-11H2,1H3,(H,21,22). The van der Waals surface area contributed by atoms with E-state index in [1.807, 2.05) is 31.2 Å². The SMILES string of the molecule is Cc1cc(S(=O)(=O)N2CCC(c3nc4ccccc4[nH]3)CC2)ccc1Br. The van der Waals surface area contributed by atoms with Gasteiger partial charge in [0, 0.05) is 23.5 Å². The van der Waals surface area contributed by atoms with Crippen LogP contribution in [-0.4, -0.2) is 35.8 Å². The number of hydrogen-bond donors (Lipinski definition) is 1. The van der Waals surface area contributed by atoms with Crippen LogP contribution in [0, 0.1) is 6.92 Å². The fraction of sp³-hybridized carbons (Fsp3) is 0.316. The molecule has 1 fully saturated rings. The Bertz CT molecular complexity index is 1020. The van der Waals surface area contributed by atoms with E-state index in [0.717, 1.165) is 39.7 Å². The van der Waals surface area contributed by atoms with Crippen LogP contribution in [0.4, 0.5) is 0 Å². The average Bonchev–Trinajstić information content (AvgIpc) is 3.08. The van der Waals surface area contributed by atoms with Crippen LogP contribution >= 0.6 is 15.9 Å². The Balaban J connectivity index is 1.51. The summed E-state index contributed by atoms with van der Waals surface area (Å²) in [4.78, 5) is 8.42. The van der Waals surface area contributed by atoms with Gasteiger partial charge in [0.15, 0.2) is 0 Å². The van der Waals surface area contributed by atoms with E-state index in [1.165, 1.54) is 0 Å². The number of benzene rings is 2. The quantitative estimate of drug-likeness (QED) is 0.672. The molecular weight excluding hydrogens is 414 g/mol. The highest BCUT2D eigenvalue weighted by atomic mass is 79.9. The zero-order valence-corrected chi connectivity index (χ0v) is 16.8. The molecule has 2 aromatic carbocycles. The molecule has 4 rings (SSSR count). The van der Waals surface area contributed by atoms with Crippen molar-refractivity contribution in [2.75, 3.05) is 13.1 Å². The first-order chi connectivity index (χ1) is 12.4. The van der Waals surface area contributed by atoms with Gasteiger partial charge in [-0.3, -0.25) is 0 Å². The van der Waals surface area contributed by atoms with Crippen molar-refractivity contribution in [3.8, 4) is 0 Å². The number of hydrogen-bond acceptors (Lipinski definition) is 3. The molecule has 1 saturated heterocycles. The molecule has 0 aliphatic carbocycles. The Kier molecular flexibility index (Phi) is 4.62. The van der Waals surface area contributed by atoms with Crippen LogP contribution in [0.3, 0.4) is 0 Å². The minimum Gasteiger partial charge on any atom is -0.342 e. The summed E-state index contributed by atoms with van der Waals surface area (Å²) in [5.74, 6) is 1.23. The second-order valence-corrected chi connectivity index (χ2v) is 9.52. The minimum atomic E-state index is -3.45. The molecule has 0 atom stereocenters. The number of nitrogens with one attached hydrogen (secondary N) is 1. The largest absolute Gasteiger partial charge is 0.342 e. The Morgan fingerprint density at radius 3 is 2.58 bits per heavy atom. The molecule has 0 unspecified atom stereocenters. The molecular formula is C19H20BrN3O2S. The molecule has 2 heterocycles. The summed E-state index contributed by atoms with van der Waals surface area (Å²) in [6.45, 7) is 2.93. The van der Waals surface area contributed by atoms with Crippen molar-refractivity contribution in [2.24, 2.45) is 0 Å². The fourth-order valence-corrected chi connectivity index (χ4v) is 5.26. The number of sulfonamides is 1. The minimum absolute atomic E-state index is 0.264. The van der Waals surface area contributed by atoms with Crippen molar-refractivity contribution in [1.29, 1.82) is 0 Å². The van der Waals surface area contributed by atoms with E-state index in [9.17, 15) is 8.42 Å². The van der Waals surface area contributed by atoms with E-state index >= 15 is 0 Å². The van der Waals surface area contributed by atoms with Gasteiger partial charge in [0.2, 0.25) is 10.0 Å². The smallest absolute Gasteiger partial charge is 0.243 e. The molecule has 26 heavy (non-hydrogen) atoms. The van der Waals surface area contributed by atoms with Crippen LogP contribution in [0.2, 0.25) is 0 Å². The van der Waals surface area contributed by atoms with Gasteiger partial charge in [-0.1, -0.05) is 28.1 Å². The highest BCUT2D eigenvalue weighted by Crippen LogP contribution is 2.31. The van der Waals surface area contributed by atoms with Crippen LogP contribution in [-0.2, 0) is 10.0 Å². The lowest BCUT2D eigenvalue weighted by Crippen LogP contribution is -2.38. The van der Waals surface area contributed by atoms with Gasteiger partial charge in [-0.15, -0.1) is 0 Å². The van der Waals surface area contributed by atoms with Crippen LogP contribution < -0.4 is 0 Å². The first-order valence-electron chi connectivity index (χ1n) is 8.66. The zero-order chi connectivity index (χ0) is 18.3. The third-order valence-electron chi connectivity index (χ3n) is 5.02. The van der Waals surface area contributed by atoms with Crippen LogP contribution in [0.25, 0.3) is 11.0 Å². The first kappa shape index (κ1) is 17.7. The summed E-state index contributed by atoms with van der Waals surface area (Å²) in [5.41, 5.74) is 2.91. The maximum absolute atomic E-state index is 12.9. The molecule has 136 valence electrons. The lowest BCUT2D eigenvalue weighted by atomic mass is 9.97. The molecule has 1 aliphatic heterocycles. The second-order valence-electron chi connectivity index (χ2n) is 6.73. The van der Waals surface area contributed by atoms with Crippen LogP contribution in [0.1, 0.15) is 30.1 Å². The van der Waals surface area contributed by atoms with Gasteiger partial charge in [-0.2, -0.15) is 4.31 Å². The number of aryl methyl sites for hydroxylation is 1. The van der Waals surface area contributed by atoms with Gasteiger partial charge in [0.05, 0.1) is 15.9 Å². The van der Waals surface area contributed by atoms with Crippen molar-refractivity contribution in [1.82, 2.24) is 14.3 Å². The number of fused-ring (bicyclic) bond motifs is 1. The van der Waals surface area contributed by atoms with E-state index in [2.05, 4.69) is 25.9 Å². The summed E-state index contributed by atoms with van der Waals surface area (Å²) < 4.78 is 28.4. The van der Waals surface area contributed by atoms with Crippen molar-refractivity contribution in [3.63, 3.8) is 0 Å². The number of rotatable bonds is 3. The maximum atomic E-state index is 12.9. The molecule has 3 aromatic rings. The predicted molar refractivity (Wildman–Crippen MR) is 106 cm³/mol. The Morgan fingerprint density at radius 2 is 1.88 bits per heavy atom. The van der Waals surface area contributed by atoms with Gasteiger partial charge >= 0.3 is 0 Å². The fourth-order valence-electron chi connectivity index (χ4n) is 3.46. The Hall–Kier alpha value is -1.70. The third kappa shape index (κ3) is 3.19. The van der Waals surface area contributed by atoms with E-state index in [1.54, 1.807) is 22.5 Å². The van der Waals surface area contributed by atoms with Crippen molar-refractivity contribution in [3.05, 3.63) is 58.3 Å². The Labute approximate surface area is 161 Å². The summed E-state index contributed by atoms with van der Waals surface area (Å²) in [6.07, 6.45) is 1.54. The van der Waals surface area contributed by atoms with E-state index in [-0.39, 0.29) is 5.92 Å². The van der Waals surface area contributed by atoms with Crippen LogP contribution in [0.15, 0.2) is 51.8 Å². The number of para-hydroxylation sites is 2. The number of halogens is 1. The van der Waals surface area contributed by atoms with Gasteiger partial charge in [-0.05, 0) is 55.7 Å². The number of piperidine rings is 1. The normalized spacial score (nSPS) is 17.0. The summed E-state index contributed by atoms with van der Waals surface area (Å²) >= 11 is 3.42. The predicted octanol–water partition coefficient (Wildman–Crippen LogP) is 4.20. The van der Waals surface area contributed by atoms with E-state index < -0.39 is 10.0 Å². The van der Waals surface area contributed by atoms with E-state index in [4.69, 9.17) is 0 Å². The number of imidazole rings is 1. The number of H-pyrrole nitrogens is 1. The van der Waals surface area contributed by atoms with Gasteiger partial charge < -0.3 is 4.98 Å². The van der Waals surface area contributed by atoms with Gasteiger partial charge in [0.1, 0.15) is 5.82 Å². The monoisotopic (exact) mass is 433 g/mol. The lowest BCUT2D eigenvalue weighted by molar-refractivity contribution is 0.314. The molecule has 0 radical (unpaired) electrons. The molecule has 0 amide bonds. The zero-order valence-electron chi connectivity index (χ0n) is 14.4. The van der Waals surface area contributed by atoms with Crippen LogP contribution in [0.5, 0.6) is 0 Å². The van der Waals surface area contributed by atoms with Gasteiger partial charge in [-0.25, -0.2) is 13.4 Å². The van der Waals surface area contributed by atoms with E-state index in [0.29, 0.717) is 18.0 Å². The van der Waals surface area contributed by atoms with Crippen molar-refractivity contribution >= 4 is 37.0 Å². The number of aromatic nitrogens is 2. The maximum Gasteiger partial charge on any atom is 0.243 e. The highest BCUT2D eigenvalue weighted by Gasteiger charge is 2.31. The lowest BCUT2D eigenvalue weighted by Gasteiger charge is -2.30. The molecule has 0 bridgehead atoms. The third-order valence-corrected chi connectivity index (χ3v) is 7.80. The molecule has 1 N–H and O–H groups in total. The summed E-state index contributed by atoms with van der Waals surface area (Å²) in [7, 11) is -3.45. The second kappa shape index (κ2) is 6.79. The molecule has 1 aromatic heterocycles. The molecule has 0 saturated carbocycles. The summed E-state index contributed by atoms with van der Waals surface area (Å²) in [6, 6.07) is 13.2. The molecule has 5 nitrogen and oxygen atoms in total. The molecule has 0 spiro atoms. The van der Waals surface area contributed by atoms with Crippen molar-refractivity contribution in [2.45, 2.75) is 30.6 Å². The van der Waals surface area contributed by atoms with Crippen molar-refractivity contribution < 1.29 is 8.42 Å². The topological polar surface area (TPSA) is 66.1 Å². The molecule has 7 heteroatoms. The number of nitrogens with zero attached hydrogens (tertiary/aromatic N) is 2. The van der Waals surface area contributed by atoms with Gasteiger partial charge in [0.25, 0.3) is 0 Å². The highest BCUT2D eigenvalue weighted by molar-refractivity contribution is 9.10. The first-order valence-corrected chi connectivity index (χ1v) is 10.9. The summed E-state index contributed by atoms with van der Waals surface area (Å²) in [5, 5.41) is 0.